The van der Waals surface area contributed by atoms with Crippen molar-refractivity contribution in [1.82, 2.24) is 4.90 Å². The van der Waals surface area contributed by atoms with Gasteiger partial charge in [0.1, 0.15) is 0 Å². The Hall–Kier alpha value is -1.80. The van der Waals surface area contributed by atoms with Gasteiger partial charge in [0, 0.05) is 18.8 Å². The van der Waals surface area contributed by atoms with E-state index < -0.39 is 0 Å². The Morgan fingerprint density at radius 3 is 2.10 bits per heavy atom. The van der Waals surface area contributed by atoms with E-state index in [4.69, 9.17) is 0 Å². The van der Waals surface area contributed by atoms with E-state index >= 15 is 0 Å². The molecule has 0 spiro atoms. The Kier molecular flexibility index (Phi) is 6.29. The van der Waals surface area contributed by atoms with Crippen LogP contribution in [0.25, 0.3) is 0 Å². The first kappa shape index (κ1) is 15.6. The van der Waals surface area contributed by atoms with Gasteiger partial charge in [-0.3, -0.25) is 4.90 Å². The average molecular weight is 282 g/mol. The van der Waals surface area contributed by atoms with Crippen LogP contribution in [0.1, 0.15) is 25.0 Å². The molecule has 0 aromatic heterocycles. The largest absolute Gasteiger partial charge is 0.385 e. The first-order chi connectivity index (χ1) is 10.3. The van der Waals surface area contributed by atoms with Crippen molar-refractivity contribution < 1.29 is 0 Å². The average Bonchev–Trinajstić information content (AvgIpc) is 2.55. The molecule has 0 radical (unpaired) electrons. The van der Waals surface area contributed by atoms with E-state index in [9.17, 15) is 0 Å². The molecule has 0 fully saturated rings. The van der Waals surface area contributed by atoms with E-state index in [1.165, 1.54) is 16.8 Å². The molecule has 0 atom stereocenters. The monoisotopic (exact) mass is 282 g/mol. The molecular formula is C19H26N2. The lowest BCUT2D eigenvalue weighted by Gasteiger charge is -2.18. The third-order valence-electron chi connectivity index (χ3n) is 3.84. The van der Waals surface area contributed by atoms with Crippen LogP contribution in [0.3, 0.4) is 0 Å². The van der Waals surface area contributed by atoms with Crippen molar-refractivity contribution in [3.05, 3.63) is 65.7 Å². The third-order valence-corrected chi connectivity index (χ3v) is 3.84. The van der Waals surface area contributed by atoms with Gasteiger partial charge < -0.3 is 5.32 Å². The van der Waals surface area contributed by atoms with Crippen molar-refractivity contribution in [1.29, 1.82) is 0 Å². The van der Waals surface area contributed by atoms with Gasteiger partial charge in [0.2, 0.25) is 0 Å². The topological polar surface area (TPSA) is 15.3 Å². The van der Waals surface area contributed by atoms with Crippen LogP contribution in [-0.2, 0) is 13.0 Å². The van der Waals surface area contributed by atoms with Crippen LogP contribution in [0.4, 0.5) is 5.69 Å². The predicted molar refractivity (Wildman–Crippen MR) is 91.7 cm³/mol. The predicted octanol–water partition coefficient (Wildman–Crippen LogP) is 4.18. The van der Waals surface area contributed by atoms with E-state index in [2.05, 4.69) is 78.7 Å². The van der Waals surface area contributed by atoms with E-state index in [0.29, 0.717) is 0 Å². The number of anilines is 1. The summed E-state index contributed by atoms with van der Waals surface area (Å²) < 4.78 is 0. The van der Waals surface area contributed by atoms with E-state index in [-0.39, 0.29) is 0 Å². The fourth-order valence-corrected chi connectivity index (χ4v) is 2.43. The summed E-state index contributed by atoms with van der Waals surface area (Å²) >= 11 is 0. The molecule has 2 aromatic rings. The van der Waals surface area contributed by atoms with Crippen LogP contribution in [0.5, 0.6) is 0 Å². The molecule has 2 heteroatoms. The van der Waals surface area contributed by atoms with Gasteiger partial charge in [0.25, 0.3) is 0 Å². The summed E-state index contributed by atoms with van der Waals surface area (Å²) in [4.78, 5) is 2.43. The van der Waals surface area contributed by atoms with Gasteiger partial charge in [0.15, 0.2) is 0 Å². The standard InChI is InChI=1S/C19H26N2/c1-3-21(4-2)16-18-10-12-19(13-11-18)20-15-14-17-8-6-5-7-9-17/h5-13,20H,3-4,14-16H2,1-2H3. The second-order valence-electron chi connectivity index (χ2n) is 5.32. The fraction of sp³-hybridized carbons (Fsp3) is 0.368. The van der Waals surface area contributed by atoms with Gasteiger partial charge in [-0.25, -0.2) is 0 Å². The van der Waals surface area contributed by atoms with E-state index in [1.54, 1.807) is 0 Å². The van der Waals surface area contributed by atoms with Gasteiger partial charge in [-0.1, -0.05) is 56.3 Å². The molecule has 0 saturated carbocycles. The minimum absolute atomic E-state index is 0.972. The molecule has 0 aliphatic heterocycles. The molecule has 1 N–H and O–H groups in total. The van der Waals surface area contributed by atoms with Crippen molar-refractivity contribution in [3.63, 3.8) is 0 Å². The fourth-order valence-electron chi connectivity index (χ4n) is 2.43. The molecule has 0 bridgehead atoms. The van der Waals surface area contributed by atoms with Gasteiger partial charge in [-0.05, 0) is 42.8 Å². The second kappa shape index (κ2) is 8.48. The van der Waals surface area contributed by atoms with E-state index in [1.807, 2.05) is 0 Å². The number of hydrogen-bond acceptors (Lipinski definition) is 2. The molecule has 2 nitrogen and oxygen atoms in total. The minimum Gasteiger partial charge on any atom is -0.385 e. The first-order valence-electron chi connectivity index (χ1n) is 7.91. The first-order valence-corrected chi connectivity index (χ1v) is 7.91. The van der Waals surface area contributed by atoms with Crippen molar-refractivity contribution in [3.8, 4) is 0 Å². The van der Waals surface area contributed by atoms with Gasteiger partial charge in [0.05, 0.1) is 0 Å². The van der Waals surface area contributed by atoms with Crippen LogP contribution in [0.2, 0.25) is 0 Å². The van der Waals surface area contributed by atoms with Crippen LogP contribution in [0, 0.1) is 0 Å². The smallest absolute Gasteiger partial charge is 0.0340 e. The SMILES string of the molecule is CCN(CC)Cc1ccc(NCCc2ccccc2)cc1. The molecular weight excluding hydrogens is 256 g/mol. The lowest BCUT2D eigenvalue weighted by molar-refractivity contribution is 0.296. The van der Waals surface area contributed by atoms with Crippen molar-refractivity contribution in [2.75, 3.05) is 25.0 Å². The van der Waals surface area contributed by atoms with Gasteiger partial charge >= 0.3 is 0 Å². The van der Waals surface area contributed by atoms with Crippen LogP contribution < -0.4 is 5.32 Å². The van der Waals surface area contributed by atoms with Crippen LogP contribution in [0.15, 0.2) is 54.6 Å². The summed E-state index contributed by atoms with van der Waals surface area (Å²) in [7, 11) is 0. The Bertz CT molecular complexity index is 501. The van der Waals surface area contributed by atoms with Crippen LogP contribution >= 0.6 is 0 Å². The van der Waals surface area contributed by atoms with Crippen molar-refractivity contribution in [2.45, 2.75) is 26.8 Å². The summed E-state index contributed by atoms with van der Waals surface area (Å²) in [5, 5.41) is 3.49. The minimum atomic E-state index is 0.972. The number of nitrogens with zero attached hydrogens (tertiary/aromatic N) is 1. The van der Waals surface area contributed by atoms with Crippen molar-refractivity contribution in [2.24, 2.45) is 0 Å². The van der Waals surface area contributed by atoms with Crippen LogP contribution in [-0.4, -0.2) is 24.5 Å². The number of nitrogens with one attached hydrogen (secondary N) is 1. The molecule has 2 aromatic carbocycles. The molecule has 0 amide bonds. The molecule has 21 heavy (non-hydrogen) atoms. The number of hydrogen-bond donors (Lipinski definition) is 1. The highest BCUT2D eigenvalue weighted by Crippen LogP contribution is 2.12. The summed E-state index contributed by atoms with van der Waals surface area (Å²) in [6, 6.07) is 19.4. The lowest BCUT2D eigenvalue weighted by atomic mass is 10.1. The Morgan fingerprint density at radius 1 is 0.810 bits per heavy atom. The molecule has 0 aliphatic rings. The zero-order valence-corrected chi connectivity index (χ0v) is 13.2. The molecule has 0 heterocycles. The maximum atomic E-state index is 3.49. The Balaban J connectivity index is 1.79. The van der Waals surface area contributed by atoms with Crippen molar-refractivity contribution >= 4 is 5.69 Å². The summed E-state index contributed by atoms with van der Waals surface area (Å²) in [5.74, 6) is 0. The summed E-state index contributed by atoms with van der Waals surface area (Å²) in [6.45, 7) is 8.64. The second-order valence-corrected chi connectivity index (χ2v) is 5.32. The molecule has 0 unspecified atom stereocenters. The maximum absolute atomic E-state index is 3.49. The number of benzene rings is 2. The molecule has 2 rings (SSSR count). The Labute approximate surface area is 128 Å². The maximum Gasteiger partial charge on any atom is 0.0340 e. The summed E-state index contributed by atoms with van der Waals surface area (Å²) in [5.41, 5.74) is 3.96. The Morgan fingerprint density at radius 2 is 1.48 bits per heavy atom. The molecule has 0 saturated heterocycles. The van der Waals surface area contributed by atoms with Gasteiger partial charge in [-0.15, -0.1) is 0 Å². The van der Waals surface area contributed by atoms with E-state index in [0.717, 1.165) is 32.6 Å². The molecule has 112 valence electrons. The normalized spacial score (nSPS) is 10.8. The highest BCUT2D eigenvalue weighted by atomic mass is 15.1. The third kappa shape index (κ3) is 5.24. The zero-order valence-electron chi connectivity index (χ0n) is 13.2. The molecule has 0 aliphatic carbocycles. The zero-order chi connectivity index (χ0) is 14.9. The summed E-state index contributed by atoms with van der Waals surface area (Å²) in [6.07, 6.45) is 1.06. The lowest BCUT2D eigenvalue weighted by Crippen LogP contribution is -2.22. The van der Waals surface area contributed by atoms with Gasteiger partial charge in [-0.2, -0.15) is 0 Å². The number of rotatable bonds is 8. The quantitative estimate of drug-likeness (QED) is 0.781. The highest BCUT2D eigenvalue weighted by molar-refractivity contribution is 5.44. The highest BCUT2D eigenvalue weighted by Gasteiger charge is 2.01.